The molecule has 2 aromatic rings. The minimum absolute atomic E-state index is 0.140. The van der Waals surface area contributed by atoms with Gasteiger partial charge in [-0.2, -0.15) is 0 Å². The van der Waals surface area contributed by atoms with Gasteiger partial charge in [-0.3, -0.25) is 4.79 Å². The molecule has 5 heteroatoms. The summed E-state index contributed by atoms with van der Waals surface area (Å²) in [6, 6.07) is 13.3. The van der Waals surface area contributed by atoms with E-state index in [1.54, 1.807) is 0 Å². The van der Waals surface area contributed by atoms with Crippen molar-refractivity contribution < 1.29 is 13.9 Å². The van der Waals surface area contributed by atoms with E-state index in [1.807, 2.05) is 30.3 Å². The van der Waals surface area contributed by atoms with Crippen LogP contribution in [0.3, 0.4) is 0 Å². The van der Waals surface area contributed by atoms with Gasteiger partial charge >= 0.3 is 0 Å². The van der Waals surface area contributed by atoms with Crippen molar-refractivity contribution in [3.05, 3.63) is 64.9 Å². The second kappa shape index (κ2) is 6.91. The van der Waals surface area contributed by atoms with E-state index in [-0.39, 0.29) is 23.3 Å². The molecule has 104 valence electrons. The normalized spacial score (nSPS) is 10.1. The monoisotopic (exact) mass is 293 g/mol. The Morgan fingerprint density at radius 2 is 1.95 bits per heavy atom. The van der Waals surface area contributed by atoms with Crippen molar-refractivity contribution in [2.45, 2.75) is 6.54 Å². The Morgan fingerprint density at radius 3 is 2.65 bits per heavy atom. The second-order valence-corrected chi connectivity index (χ2v) is 4.53. The van der Waals surface area contributed by atoms with Gasteiger partial charge in [-0.1, -0.05) is 41.9 Å². The molecule has 0 heterocycles. The molecule has 0 saturated heterocycles. The Morgan fingerprint density at radius 1 is 1.20 bits per heavy atom. The quantitative estimate of drug-likeness (QED) is 0.919. The van der Waals surface area contributed by atoms with E-state index in [4.69, 9.17) is 16.3 Å². The standard InChI is InChI=1S/C15H13ClFNO2/c16-13-8-12(17)6-7-14(13)20-10-15(19)18-9-11-4-2-1-3-5-11/h1-8H,9-10H2,(H,18,19). The molecule has 0 aliphatic heterocycles. The average molecular weight is 294 g/mol. The third-order valence-corrected chi connectivity index (χ3v) is 2.88. The Balaban J connectivity index is 1.80. The number of rotatable bonds is 5. The van der Waals surface area contributed by atoms with Crippen LogP contribution in [0.2, 0.25) is 5.02 Å². The molecule has 0 aromatic heterocycles. The van der Waals surface area contributed by atoms with Crippen molar-refractivity contribution in [3.63, 3.8) is 0 Å². The van der Waals surface area contributed by atoms with E-state index in [0.717, 1.165) is 11.6 Å². The molecule has 3 nitrogen and oxygen atoms in total. The first-order chi connectivity index (χ1) is 9.65. The largest absolute Gasteiger partial charge is 0.482 e. The van der Waals surface area contributed by atoms with Crippen LogP contribution in [0.4, 0.5) is 4.39 Å². The van der Waals surface area contributed by atoms with Gasteiger partial charge in [-0.05, 0) is 23.8 Å². The molecule has 0 spiro atoms. The zero-order chi connectivity index (χ0) is 14.4. The number of benzene rings is 2. The molecule has 0 aliphatic rings. The van der Waals surface area contributed by atoms with Crippen molar-refractivity contribution in [1.29, 1.82) is 0 Å². The number of halogens is 2. The molecule has 20 heavy (non-hydrogen) atoms. The average Bonchev–Trinajstić information content (AvgIpc) is 2.45. The minimum Gasteiger partial charge on any atom is -0.482 e. The molecule has 2 rings (SSSR count). The topological polar surface area (TPSA) is 38.3 Å². The summed E-state index contributed by atoms with van der Waals surface area (Å²) in [4.78, 5) is 11.6. The van der Waals surface area contributed by atoms with E-state index < -0.39 is 5.82 Å². The predicted molar refractivity (Wildman–Crippen MR) is 75.2 cm³/mol. The summed E-state index contributed by atoms with van der Waals surface area (Å²) in [6.45, 7) is 0.262. The number of carbonyl (C=O) groups is 1. The fourth-order valence-electron chi connectivity index (χ4n) is 1.58. The van der Waals surface area contributed by atoms with E-state index in [2.05, 4.69) is 5.32 Å². The first-order valence-electron chi connectivity index (χ1n) is 6.03. The summed E-state index contributed by atoms with van der Waals surface area (Å²) in [5.74, 6) is -0.437. The Hall–Kier alpha value is -2.07. The van der Waals surface area contributed by atoms with E-state index in [9.17, 15) is 9.18 Å². The minimum atomic E-state index is -0.448. The van der Waals surface area contributed by atoms with Crippen LogP contribution in [-0.4, -0.2) is 12.5 Å². The van der Waals surface area contributed by atoms with Gasteiger partial charge in [0.05, 0.1) is 5.02 Å². The number of hydrogen-bond donors (Lipinski definition) is 1. The van der Waals surface area contributed by atoms with Crippen LogP contribution in [0, 0.1) is 5.82 Å². The van der Waals surface area contributed by atoms with Gasteiger partial charge in [-0.25, -0.2) is 4.39 Å². The molecular weight excluding hydrogens is 281 g/mol. The molecule has 2 aromatic carbocycles. The highest BCUT2D eigenvalue weighted by atomic mass is 35.5. The summed E-state index contributed by atoms with van der Waals surface area (Å²) in [6.07, 6.45) is 0. The third kappa shape index (κ3) is 4.24. The molecule has 0 radical (unpaired) electrons. The maximum absolute atomic E-state index is 12.8. The fourth-order valence-corrected chi connectivity index (χ4v) is 1.80. The summed E-state index contributed by atoms with van der Waals surface area (Å²) < 4.78 is 18.1. The Bertz CT molecular complexity index is 590. The van der Waals surface area contributed by atoms with Gasteiger partial charge in [0.25, 0.3) is 5.91 Å². The van der Waals surface area contributed by atoms with Gasteiger partial charge < -0.3 is 10.1 Å². The third-order valence-electron chi connectivity index (χ3n) is 2.59. The number of carbonyl (C=O) groups excluding carboxylic acids is 1. The predicted octanol–water partition coefficient (Wildman–Crippen LogP) is 3.17. The van der Waals surface area contributed by atoms with Gasteiger partial charge in [0.15, 0.2) is 6.61 Å². The summed E-state index contributed by atoms with van der Waals surface area (Å²) in [5, 5.41) is 2.86. The molecular formula is C15H13ClFNO2. The molecule has 1 amide bonds. The Kier molecular flexibility index (Phi) is 4.96. The van der Waals surface area contributed by atoms with Gasteiger partial charge in [0, 0.05) is 6.54 Å². The summed E-state index contributed by atoms with van der Waals surface area (Å²) in [7, 11) is 0. The van der Waals surface area contributed by atoms with Crippen molar-refractivity contribution in [2.24, 2.45) is 0 Å². The maximum Gasteiger partial charge on any atom is 0.258 e. The first-order valence-corrected chi connectivity index (χ1v) is 6.41. The van der Waals surface area contributed by atoms with Crippen molar-refractivity contribution in [2.75, 3.05) is 6.61 Å². The summed E-state index contributed by atoms with van der Waals surface area (Å²) in [5.41, 5.74) is 1.00. The molecule has 0 unspecified atom stereocenters. The lowest BCUT2D eigenvalue weighted by molar-refractivity contribution is -0.123. The summed E-state index contributed by atoms with van der Waals surface area (Å²) >= 11 is 5.79. The van der Waals surface area contributed by atoms with E-state index >= 15 is 0 Å². The lowest BCUT2D eigenvalue weighted by Crippen LogP contribution is -2.28. The molecule has 0 atom stereocenters. The zero-order valence-corrected chi connectivity index (χ0v) is 11.4. The SMILES string of the molecule is O=C(COc1ccc(F)cc1Cl)NCc1ccccc1. The van der Waals surface area contributed by atoms with Crippen LogP contribution in [0.5, 0.6) is 5.75 Å². The lowest BCUT2D eigenvalue weighted by Gasteiger charge is -2.08. The van der Waals surface area contributed by atoms with Gasteiger partial charge in [0.1, 0.15) is 11.6 Å². The lowest BCUT2D eigenvalue weighted by atomic mass is 10.2. The smallest absolute Gasteiger partial charge is 0.258 e. The molecule has 0 saturated carbocycles. The highest BCUT2D eigenvalue weighted by Crippen LogP contribution is 2.24. The highest BCUT2D eigenvalue weighted by molar-refractivity contribution is 6.32. The van der Waals surface area contributed by atoms with Crippen molar-refractivity contribution in [1.82, 2.24) is 5.32 Å². The van der Waals surface area contributed by atoms with Crippen LogP contribution < -0.4 is 10.1 Å². The molecule has 0 aliphatic carbocycles. The number of ether oxygens (including phenoxy) is 1. The van der Waals surface area contributed by atoms with Gasteiger partial charge in [-0.15, -0.1) is 0 Å². The van der Waals surface area contributed by atoms with Crippen LogP contribution in [0.25, 0.3) is 0 Å². The molecule has 1 N–H and O–H groups in total. The van der Waals surface area contributed by atoms with Crippen molar-refractivity contribution >= 4 is 17.5 Å². The zero-order valence-electron chi connectivity index (χ0n) is 10.6. The van der Waals surface area contributed by atoms with Crippen LogP contribution in [0.15, 0.2) is 48.5 Å². The van der Waals surface area contributed by atoms with Crippen LogP contribution in [0.1, 0.15) is 5.56 Å². The maximum atomic E-state index is 12.8. The number of hydrogen-bond acceptors (Lipinski definition) is 2. The fraction of sp³-hybridized carbons (Fsp3) is 0.133. The van der Waals surface area contributed by atoms with E-state index in [0.29, 0.717) is 6.54 Å². The number of nitrogens with one attached hydrogen (secondary N) is 1. The van der Waals surface area contributed by atoms with Crippen LogP contribution in [-0.2, 0) is 11.3 Å². The van der Waals surface area contributed by atoms with Crippen LogP contribution >= 0.6 is 11.6 Å². The first kappa shape index (κ1) is 14.3. The molecule has 0 bridgehead atoms. The van der Waals surface area contributed by atoms with E-state index in [1.165, 1.54) is 12.1 Å². The number of amides is 1. The van der Waals surface area contributed by atoms with Crippen molar-refractivity contribution in [3.8, 4) is 5.75 Å². The highest BCUT2D eigenvalue weighted by Gasteiger charge is 2.06. The molecule has 0 fully saturated rings. The second-order valence-electron chi connectivity index (χ2n) is 4.13. The van der Waals surface area contributed by atoms with Gasteiger partial charge in [0.2, 0.25) is 0 Å². The Labute approximate surface area is 121 Å².